The number of hydrogen-bond donors (Lipinski definition) is 1. The minimum Gasteiger partial charge on any atom is -0.493 e. The third-order valence-electron chi connectivity index (χ3n) is 6.31. The van der Waals surface area contributed by atoms with Crippen LogP contribution in [0.4, 0.5) is 4.79 Å². The molecule has 7 heteroatoms. The molecule has 2 fully saturated rings. The average molecular weight is 440 g/mol. The molecule has 170 valence electrons. The Balaban J connectivity index is 1.48. The van der Waals surface area contributed by atoms with Gasteiger partial charge in [0, 0.05) is 19.0 Å². The van der Waals surface area contributed by atoms with Crippen molar-refractivity contribution in [3.05, 3.63) is 59.7 Å². The van der Waals surface area contributed by atoms with Gasteiger partial charge in [-0.3, -0.25) is 4.79 Å². The smallest absolute Gasteiger partial charge is 0.410 e. The van der Waals surface area contributed by atoms with E-state index in [1.54, 1.807) is 7.11 Å². The molecule has 0 aromatic heterocycles. The van der Waals surface area contributed by atoms with Crippen LogP contribution in [0.5, 0.6) is 11.5 Å². The maximum absolute atomic E-state index is 12.6. The second-order valence-corrected chi connectivity index (χ2v) is 8.43. The van der Waals surface area contributed by atoms with Gasteiger partial charge in [0.2, 0.25) is 0 Å². The van der Waals surface area contributed by atoms with E-state index in [9.17, 15) is 14.7 Å². The van der Waals surface area contributed by atoms with Gasteiger partial charge in [0.05, 0.1) is 19.1 Å². The summed E-state index contributed by atoms with van der Waals surface area (Å²) < 4.78 is 17.1. The average Bonchev–Trinajstić information content (AvgIpc) is 3.48. The van der Waals surface area contributed by atoms with Crippen LogP contribution in [0, 0.1) is 5.92 Å². The molecule has 1 N–H and O–H groups in total. The number of likely N-dealkylation sites (tertiary alicyclic amines) is 1. The highest BCUT2D eigenvalue weighted by Gasteiger charge is 2.41. The Morgan fingerprint density at radius 3 is 2.47 bits per heavy atom. The Bertz CT molecular complexity index is 941. The number of ether oxygens (including phenoxy) is 3. The van der Waals surface area contributed by atoms with E-state index < -0.39 is 18.0 Å². The molecule has 0 radical (unpaired) electrons. The van der Waals surface area contributed by atoms with Gasteiger partial charge in [-0.15, -0.1) is 0 Å². The Hall–Kier alpha value is -3.22. The molecule has 2 aliphatic rings. The Labute approximate surface area is 187 Å². The van der Waals surface area contributed by atoms with Gasteiger partial charge in [-0.25, -0.2) is 4.79 Å². The number of carboxylic acid groups (broad SMARTS) is 1. The summed E-state index contributed by atoms with van der Waals surface area (Å²) in [6.07, 6.45) is 3.97. The third kappa shape index (κ3) is 4.98. The zero-order valence-electron chi connectivity index (χ0n) is 18.2. The normalized spacial score (nSPS) is 20.8. The van der Waals surface area contributed by atoms with E-state index in [4.69, 9.17) is 14.2 Å². The maximum atomic E-state index is 12.6. The second-order valence-electron chi connectivity index (χ2n) is 8.43. The molecule has 1 saturated carbocycles. The Morgan fingerprint density at radius 1 is 1.03 bits per heavy atom. The van der Waals surface area contributed by atoms with Crippen LogP contribution in [0.2, 0.25) is 0 Å². The minimum absolute atomic E-state index is 0.110. The van der Waals surface area contributed by atoms with Gasteiger partial charge in [0.1, 0.15) is 6.61 Å². The van der Waals surface area contributed by atoms with Crippen molar-refractivity contribution in [1.29, 1.82) is 0 Å². The highest BCUT2D eigenvalue weighted by molar-refractivity contribution is 5.76. The standard InChI is InChI=1S/C25H29NO6/c1-30-22-12-11-18(13-23(22)32-19-9-5-6-10-19)20-14-26(15-21(20)24(27)28)25(29)31-16-17-7-3-2-4-8-17/h2-4,7-8,11-13,19-21H,5-6,9-10,14-16H2,1H3,(H,27,28)/t20-,21+/m0/s1. The molecule has 1 aliphatic carbocycles. The van der Waals surface area contributed by atoms with Crippen LogP contribution < -0.4 is 9.47 Å². The first-order valence-electron chi connectivity index (χ1n) is 11.1. The van der Waals surface area contributed by atoms with Crippen LogP contribution in [-0.2, 0) is 16.1 Å². The number of carbonyl (C=O) groups is 2. The molecule has 2 atom stereocenters. The molecule has 0 bridgehead atoms. The molecule has 2 aromatic rings. The first-order valence-corrected chi connectivity index (χ1v) is 11.1. The summed E-state index contributed by atoms with van der Waals surface area (Å²) in [5, 5.41) is 9.82. The molecule has 32 heavy (non-hydrogen) atoms. The van der Waals surface area contributed by atoms with Crippen LogP contribution in [-0.4, -0.2) is 48.4 Å². The van der Waals surface area contributed by atoms with Crippen LogP contribution >= 0.6 is 0 Å². The zero-order chi connectivity index (χ0) is 22.5. The minimum atomic E-state index is -0.928. The van der Waals surface area contributed by atoms with Crippen molar-refractivity contribution in [2.45, 2.75) is 44.3 Å². The van der Waals surface area contributed by atoms with Crippen molar-refractivity contribution in [2.75, 3.05) is 20.2 Å². The lowest BCUT2D eigenvalue weighted by Gasteiger charge is -2.20. The van der Waals surface area contributed by atoms with E-state index in [-0.39, 0.29) is 31.7 Å². The summed E-state index contributed by atoms with van der Waals surface area (Å²) in [5.41, 5.74) is 1.71. The van der Waals surface area contributed by atoms with E-state index in [0.717, 1.165) is 36.8 Å². The van der Waals surface area contributed by atoms with Gasteiger partial charge >= 0.3 is 12.1 Å². The van der Waals surface area contributed by atoms with Gasteiger partial charge < -0.3 is 24.2 Å². The fraction of sp³-hybridized carbons (Fsp3) is 0.440. The molecule has 1 saturated heterocycles. The molecule has 1 amide bonds. The lowest BCUT2D eigenvalue weighted by atomic mass is 9.89. The van der Waals surface area contributed by atoms with Crippen LogP contribution in [0.3, 0.4) is 0 Å². The van der Waals surface area contributed by atoms with E-state index in [1.807, 2.05) is 48.5 Å². The largest absolute Gasteiger partial charge is 0.493 e. The van der Waals surface area contributed by atoms with E-state index >= 15 is 0 Å². The number of carbonyl (C=O) groups excluding carboxylic acids is 1. The first-order chi connectivity index (χ1) is 15.5. The highest BCUT2D eigenvalue weighted by Crippen LogP contribution is 2.39. The predicted octanol–water partition coefficient (Wildman–Crippen LogP) is 4.45. The first kappa shape index (κ1) is 22.0. The number of benzene rings is 2. The summed E-state index contributed by atoms with van der Waals surface area (Å²) in [6.45, 7) is 0.540. The molecular weight excluding hydrogens is 410 g/mol. The monoisotopic (exact) mass is 439 g/mol. The van der Waals surface area contributed by atoms with Gasteiger partial charge in [-0.2, -0.15) is 0 Å². The Kier molecular flexibility index (Phi) is 6.83. The number of rotatable bonds is 7. The van der Waals surface area contributed by atoms with Crippen LogP contribution in [0.25, 0.3) is 0 Å². The van der Waals surface area contributed by atoms with Crippen molar-refractivity contribution in [2.24, 2.45) is 5.92 Å². The molecule has 0 unspecified atom stereocenters. The molecule has 0 spiro atoms. The van der Waals surface area contributed by atoms with Crippen LogP contribution in [0.1, 0.15) is 42.7 Å². The topological polar surface area (TPSA) is 85.3 Å². The quantitative estimate of drug-likeness (QED) is 0.686. The zero-order valence-corrected chi connectivity index (χ0v) is 18.2. The predicted molar refractivity (Wildman–Crippen MR) is 118 cm³/mol. The van der Waals surface area contributed by atoms with E-state index in [1.165, 1.54) is 4.90 Å². The van der Waals surface area contributed by atoms with Gasteiger partial charge in [0.25, 0.3) is 0 Å². The van der Waals surface area contributed by atoms with Crippen molar-refractivity contribution in [1.82, 2.24) is 4.90 Å². The number of hydrogen-bond acceptors (Lipinski definition) is 5. The molecule has 4 rings (SSSR count). The SMILES string of the molecule is COc1ccc([C@@H]2CN(C(=O)OCc3ccccc3)C[C@H]2C(=O)O)cc1OC1CCCC1. The second kappa shape index (κ2) is 9.94. The number of amides is 1. The van der Waals surface area contributed by atoms with Crippen LogP contribution in [0.15, 0.2) is 48.5 Å². The number of aliphatic carboxylic acids is 1. The molecule has 1 aliphatic heterocycles. The fourth-order valence-corrected chi connectivity index (χ4v) is 4.55. The van der Waals surface area contributed by atoms with Crippen molar-refractivity contribution in [3.63, 3.8) is 0 Å². The molecule has 1 heterocycles. The van der Waals surface area contributed by atoms with Crippen molar-refractivity contribution in [3.8, 4) is 11.5 Å². The van der Waals surface area contributed by atoms with Gasteiger partial charge in [-0.1, -0.05) is 36.4 Å². The van der Waals surface area contributed by atoms with Gasteiger partial charge in [0.15, 0.2) is 11.5 Å². The summed E-state index contributed by atoms with van der Waals surface area (Å²) in [4.78, 5) is 26.1. The van der Waals surface area contributed by atoms with E-state index in [0.29, 0.717) is 11.5 Å². The highest BCUT2D eigenvalue weighted by atomic mass is 16.6. The number of nitrogens with zero attached hydrogens (tertiary/aromatic N) is 1. The molecule has 7 nitrogen and oxygen atoms in total. The van der Waals surface area contributed by atoms with E-state index in [2.05, 4.69) is 0 Å². The lowest BCUT2D eigenvalue weighted by molar-refractivity contribution is -0.141. The van der Waals surface area contributed by atoms with Gasteiger partial charge in [-0.05, 0) is 48.9 Å². The van der Waals surface area contributed by atoms with Crippen molar-refractivity contribution >= 4 is 12.1 Å². The lowest BCUT2D eigenvalue weighted by Crippen LogP contribution is -2.30. The summed E-state index contributed by atoms with van der Waals surface area (Å²) in [6, 6.07) is 15.0. The fourth-order valence-electron chi connectivity index (χ4n) is 4.55. The Morgan fingerprint density at radius 2 is 1.78 bits per heavy atom. The van der Waals surface area contributed by atoms with Crippen molar-refractivity contribution < 1.29 is 28.9 Å². The third-order valence-corrected chi connectivity index (χ3v) is 6.31. The summed E-state index contributed by atoms with van der Waals surface area (Å²) in [5.74, 6) is -0.737. The molecular formula is C25H29NO6. The summed E-state index contributed by atoms with van der Waals surface area (Å²) >= 11 is 0. The number of carboxylic acids is 1. The summed E-state index contributed by atoms with van der Waals surface area (Å²) in [7, 11) is 1.59. The molecule has 2 aromatic carbocycles. The number of methoxy groups -OCH3 is 1. The maximum Gasteiger partial charge on any atom is 0.410 e.